The molecule has 0 aromatic carbocycles. The SMILES string of the molecule is C=CC(=O)OC(=C)C1CCOC1. The van der Waals surface area contributed by atoms with E-state index in [1.54, 1.807) is 0 Å². The molecule has 0 spiro atoms. The van der Waals surface area contributed by atoms with Crippen LogP contribution in [0.1, 0.15) is 6.42 Å². The van der Waals surface area contributed by atoms with Gasteiger partial charge in [0.25, 0.3) is 0 Å². The van der Waals surface area contributed by atoms with Gasteiger partial charge in [-0.25, -0.2) is 4.79 Å². The van der Waals surface area contributed by atoms with Crippen LogP contribution in [0.4, 0.5) is 0 Å². The molecular formula is C9H12O3. The van der Waals surface area contributed by atoms with Crippen molar-refractivity contribution in [3.8, 4) is 0 Å². The van der Waals surface area contributed by atoms with E-state index in [0.29, 0.717) is 12.4 Å². The Morgan fingerprint density at radius 2 is 2.42 bits per heavy atom. The summed E-state index contributed by atoms with van der Waals surface area (Å²) in [7, 11) is 0. The van der Waals surface area contributed by atoms with E-state index < -0.39 is 5.97 Å². The van der Waals surface area contributed by atoms with Gasteiger partial charge in [-0.15, -0.1) is 0 Å². The minimum absolute atomic E-state index is 0.161. The maximum absolute atomic E-state index is 10.7. The van der Waals surface area contributed by atoms with E-state index in [9.17, 15) is 4.79 Å². The molecule has 1 heterocycles. The van der Waals surface area contributed by atoms with E-state index >= 15 is 0 Å². The molecule has 0 radical (unpaired) electrons. The molecule has 0 aromatic heterocycles. The zero-order chi connectivity index (χ0) is 8.97. The maximum Gasteiger partial charge on any atom is 0.335 e. The summed E-state index contributed by atoms with van der Waals surface area (Å²) in [5.41, 5.74) is 0. The molecule has 1 unspecified atom stereocenters. The molecular weight excluding hydrogens is 156 g/mol. The normalized spacial score (nSPS) is 21.8. The number of rotatable bonds is 3. The van der Waals surface area contributed by atoms with Crippen molar-refractivity contribution in [3.05, 3.63) is 25.0 Å². The van der Waals surface area contributed by atoms with Crippen molar-refractivity contribution in [3.63, 3.8) is 0 Å². The van der Waals surface area contributed by atoms with Gasteiger partial charge in [0.15, 0.2) is 0 Å². The second-order valence-corrected chi connectivity index (χ2v) is 2.65. The average molecular weight is 168 g/mol. The number of hydrogen-bond donors (Lipinski definition) is 0. The van der Waals surface area contributed by atoms with Gasteiger partial charge in [0, 0.05) is 18.6 Å². The van der Waals surface area contributed by atoms with Crippen LogP contribution >= 0.6 is 0 Å². The van der Waals surface area contributed by atoms with Crippen LogP contribution in [-0.4, -0.2) is 19.2 Å². The lowest BCUT2D eigenvalue weighted by molar-refractivity contribution is -0.134. The predicted molar refractivity (Wildman–Crippen MR) is 44.4 cm³/mol. The number of carbonyl (C=O) groups excluding carboxylic acids is 1. The van der Waals surface area contributed by atoms with E-state index in [1.165, 1.54) is 0 Å². The van der Waals surface area contributed by atoms with Gasteiger partial charge in [-0.05, 0) is 6.42 Å². The highest BCUT2D eigenvalue weighted by Gasteiger charge is 2.20. The molecule has 1 aliphatic heterocycles. The Bertz CT molecular complexity index is 202. The molecule has 1 aliphatic rings. The zero-order valence-corrected chi connectivity index (χ0v) is 6.91. The molecule has 66 valence electrons. The van der Waals surface area contributed by atoms with Crippen molar-refractivity contribution in [2.75, 3.05) is 13.2 Å². The highest BCUT2D eigenvalue weighted by Crippen LogP contribution is 2.20. The van der Waals surface area contributed by atoms with Gasteiger partial charge in [0.2, 0.25) is 0 Å². The first-order valence-electron chi connectivity index (χ1n) is 3.85. The quantitative estimate of drug-likeness (QED) is 0.361. The lowest BCUT2D eigenvalue weighted by Gasteiger charge is -2.09. The summed E-state index contributed by atoms with van der Waals surface area (Å²) in [6.07, 6.45) is 2.00. The Hall–Kier alpha value is -1.09. The lowest BCUT2D eigenvalue weighted by atomic mass is 10.1. The van der Waals surface area contributed by atoms with Crippen LogP contribution in [0.5, 0.6) is 0 Å². The molecule has 1 fully saturated rings. The van der Waals surface area contributed by atoms with Crippen molar-refractivity contribution in [1.82, 2.24) is 0 Å². The summed E-state index contributed by atoms with van der Waals surface area (Å²) >= 11 is 0. The van der Waals surface area contributed by atoms with Gasteiger partial charge < -0.3 is 9.47 Å². The average Bonchev–Trinajstić information content (AvgIpc) is 2.56. The maximum atomic E-state index is 10.7. The first-order valence-corrected chi connectivity index (χ1v) is 3.85. The van der Waals surface area contributed by atoms with E-state index in [1.807, 2.05) is 0 Å². The molecule has 0 aliphatic carbocycles. The molecule has 0 N–H and O–H groups in total. The van der Waals surface area contributed by atoms with Crippen molar-refractivity contribution in [2.45, 2.75) is 6.42 Å². The summed E-state index contributed by atoms with van der Waals surface area (Å²) in [6, 6.07) is 0. The van der Waals surface area contributed by atoms with E-state index in [0.717, 1.165) is 19.1 Å². The molecule has 1 rings (SSSR count). The fourth-order valence-corrected chi connectivity index (χ4v) is 1.04. The monoisotopic (exact) mass is 168 g/mol. The van der Waals surface area contributed by atoms with Crippen LogP contribution in [0.25, 0.3) is 0 Å². The third-order valence-electron chi connectivity index (χ3n) is 1.78. The highest BCUT2D eigenvalue weighted by atomic mass is 16.5. The minimum Gasteiger partial charge on any atom is -0.428 e. The Kier molecular flexibility index (Phi) is 3.05. The zero-order valence-electron chi connectivity index (χ0n) is 6.91. The van der Waals surface area contributed by atoms with Crippen LogP contribution < -0.4 is 0 Å². The third kappa shape index (κ3) is 2.20. The van der Waals surface area contributed by atoms with Crippen LogP contribution in [0.15, 0.2) is 25.0 Å². The number of carbonyl (C=O) groups is 1. The Morgan fingerprint density at radius 3 is 2.92 bits per heavy atom. The van der Waals surface area contributed by atoms with Crippen LogP contribution in [0.2, 0.25) is 0 Å². The second-order valence-electron chi connectivity index (χ2n) is 2.65. The highest BCUT2D eigenvalue weighted by molar-refractivity contribution is 5.82. The number of esters is 1. The minimum atomic E-state index is -0.452. The molecule has 3 nitrogen and oxygen atoms in total. The lowest BCUT2D eigenvalue weighted by Crippen LogP contribution is -2.09. The summed E-state index contributed by atoms with van der Waals surface area (Å²) in [5, 5.41) is 0. The Labute approximate surface area is 71.7 Å². The summed E-state index contributed by atoms with van der Waals surface area (Å²) in [4.78, 5) is 10.7. The van der Waals surface area contributed by atoms with E-state index in [-0.39, 0.29) is 5.92 Å². The van der Waals surface area contributed by atoms with Crippen LogP contribution in [-0.2, 0) is 14.3 Å². The molecule has 0 saturated carbocycles. The van der Waals surface area contributed by atoms with Gasteiger partial charge in [-0.1, -0.05) is 13.2 Å². The van der Waals surface area contributed by atoms with Crippen LogP contribution in [0, 0.1) is 5.92 Å². The second kappa shape index (κ2) is 4.07. The van der Waals surface area contributed by atoms with Crippen molar-refractivity contribution in [2.24, 2.45) is 5.92 Å². The molecule has 12 heavy (non-hydrogen) atoms. The number of ether oxygens (including phenoxy) is 2. The molecule has 1 saturated heterocycles. The fraction of sp³-hybridized carbons (Fsp3) is 0.444. The fourth-order valence-electron chi connectivity index (χ4n) is 1.04. The van der Waals surface area contributed by atoms with E-state index in [4.69, 9.17) is 9.47 Å². The largest absolute Gasteiger partial charge is 0.428 e. The summed E-state index contributed by atoms with van der Waals surface area (Å²) in [6.45, 7) is 8.27. The van der Waals surface area contributed by atoms with Gasteiger partial charge in [0.05, 0.1) is 6.61 Å². The molecule has 0 aromatic rings. The summed E-state index contributed by atoms with van der Waals surface area (Å²) < 4.78 is 9.97. The smallest absolute Gasteiger partial charge is 0.335 e. The topological polar surface area (TPSA) is 35.5 Å². The standard InChI is InChI=1S/C9H12O3/c1-3-9(10)12-7(2)8-4-5-11-6-8/h3,8H,1-2,4-6H2. The summed E-state index contributed by atoms with van der Waals surface area (Å²) in [5.74, 6) is 0.193. The molecule has 1 atom stereocenters. The third-order valence-corrected chi connectivity index (χ3v) is 1.78. The van der Waals surface area contributed by atoms with Crippen molar-refractivity contribution >= 4 is 5.97 Å². The number of hydrogen-bond acceptors (Lipinski definition) is 3. The van der Waals surface area contributed by atoms with Gasteiger partial charge in [-0.3, -0.25) is 0 Å². The molecule has 3 heteroatoms. The molecule has 0 bridgehead atoms. The van der Waals surface area contributed by atoms with E-state index in [2.05, 4.69) is 13.2 Å². The van der Waals surface area contributed by atoms with Crippen LogP contribution in [0.3, 0.4) is 0 Å². The molecule has 0 amide bonds. The predicted octanol–water partition coefficient (Wildman–Crippen LogP) is 1.27. The van der Waals surface area contributed by atoms with Gasteiger partial charge in [0.1, 0.15) is 5.76 Å². The van der Waals surface area contributed by atoms with Crippen molar-refractivity contribution < 1.29 is 14.3 Å². The first-order chi connectivity index (χ1) is 5.74. The Balaban J connectivity index is 2.36. The van der Waals surface area contributed by atoms with Gasteiger partial charge in [-0.2, -0.15) is 0 Å². The van der Waals surface area contributed by atoms with Gasteiger partial charge >= 0.3 is 5.97 Å². The first kappa shape index (κ1) is 9.00. The Morgan fingerprint density at radius 1 is 1.67 bits per heavy atom. The van der Waals surface area contributed by atoms with Crippen molar-refractivity contribution in [1.29, 1.82) is 0 Å².